The molecule has 0 spiro atoms. The first kappa shape index (κ1) is 15.6. The normalized spacial score (nSPS) is 23.2. The van der Waals surface area contributed by atoms with Gasteiger partial charge in [-0.25, -0.2) is 4.79 Å². The lowest BCUT2D eigenvalue weighted by Crippen LogP contribution is -2.53. The lowest BCUT2D eigenvalue weighted by atomic mass is 10.1. The third kappa shape index (κ3) is 3.84. The molecule has 21 heavy (non-hydrogen) atoms. The monoisotopic (exact) mass is 299 g/mol. The van der Waals surface area contributed by atoms with E-state index in [1.54, 1.807) is 9.80 Å². The maximum atomic E-state index is 12.4. The molecule has 0 radical (unpaired) electrons. The quantitative estimate of drug-likeness (QED) is 0.693. The van der Waals surface area contributed by atoms with Gasteiger partial charge in [0.2, 0.25) is 0 Å². The molecule has 0 bridgehead atoms. The van der Waals surface area contributed by atoms with Crippen LogP contribution in [0.25, 0.3) is 0 Å². The van der Waals surface area contributed by atoms with Crippen molar-refractivity contribution in [3.05, 3.63) is 0 Å². The summed E-state index contributed by atoms with van der Waals surface area (Å²) in [5.41, 5.74) is 0. The van der Waals surface area contributed by atoms with Crippen LogP contribution in [0.2, 0.25) is 0 Å². The summed E-state index contributed by atoms with van der Waals surface area (Å²) in [6.07, 6.45) is 0.636. The van der Waals surface area contributed by atoms with E-state index in [2.05, 4.69) is 0 Å². The number of likely N-dealkylation sites (tertiary alicyclic amines) is 1. The molecule has 2 saturated heterocycles. The van der Waals surface area contributed by atoms with Gasteiger partial charge in [-0.15, -0.1) is 0 Å². The van der Waals surface area contributed by atoms with E-state index in [0.29, 0.717) is 45.7 Å². The number of ether oxygens (including phenoxy) is 1. The van der Waals surface area contributed by atoms with Gasteiger partial charge in [-0.2, -0.15) is 0 Å². The van der Waals surface area contributed by atoms with Crippen LogP contribution in [0.5, 0.6) is 0 Å². The highest BCUT2D eigenvalue weighted by Gasteiger charge is 2.34. The number of aliphatic carboxylic acids is 1. The van der Waals surface area contributed by atoms with E-state index < -0.39 is 5.97 Å². The number of rotatable bonds is 3. The molecule has 2 heterocycles. The van der Waals surface area contributed by atoms with E-state index in [0.717, 1.165) is 0 Å². The van der Waals surface area contributed by atoms with Gasteiger partial charge >= 0.3 is 18.0 Å². The standard InChI is InChI=1S/C13H21N3O5/c1-21-12(19)10-2-3-16(8-10)13(20)15-6-4-14(5-7-15)9-11(17)18/h10H,2-9H2,1H3,(H,17,18). The molecule has 0 aromatic carbocycles. The molecule has 0 saturated carbocycles. The van der Waals surface area contributed by atoms with Crippen LogP contribution in [-0.2, 0) is 14.3 Å². The molecule has 2 aliphatic heterocycles. The maximum absolute atomic E-state index is 12.4. The second kappa shape index (κ2) is 6.75. The third-order valence-corrected chi connectivity index (χ3v) is 3.99. The van der Waals surface area contributed by atoms with Crippen molar-refractivity contribution in [2.45, 2.75) is 6.42 Å². The molecule has 2 aliphatic rings. The van der Waals surface area contributed by atoms with Crippen molar-refractivity contribution in [2.24, 2.45) is 5.92 Å². The Morgan fingerprint density at radius 2 is 1.76 bits per heavy atom. The van der Waals surface area contributed by atoms with Crippen LogP contribution in [-0.4, -0.2) is 90.7 Å². The van der Waals surface area contributed by atoms with Gasteiger partial charge in [-0.05, 0) is 6.42 Å². The fourth-order valence-electron chi connectivity index (χ4n) is 2.78. The maximum Gasteiger partial charge on any atom is 0.320 e. The Balaban J connectivity index is 1.80. The highest BCUT2D eigenvalue weighted by molar-refractivity contribution is 5.78. The number of carbonyl (C=O) groups excluding carboxylic acids is 2. The summed E-state index contributed by atoms with van der Waals surface area (Å²) in [6, 6.07) is -0.0728. The van der Waals surface area contributed by atoms with E-state index in [1.165, 1.54) is 7.11 Å². The number of carbonyl (C=O) groups is 3. The van der Waals surface area contributed by atoms with Crippen molar-refractivity contribution in [1.29, 1.82) is 0 Å². The van der Waals surface area contributed by atoms with Crippen LogP contribution in [0.15, 0.2) is 0 Å². The molecule has 2 rings (SSSR count). The third-order valence-electron chi connectivity index (χ3n) is 3.99. The molecule has 1 unspecified atom stereocenters. The Hall–Kier alpha value is -1.83. The second-order valence-corrected chi connectivity index (χ2v) is 5.39. The highest BCUT2D eigenvalue weighted by atomic mass is 16.5. The van der Waals surface area contributed by atoms with Crippen molar-refractivity contribution in [1.82, 2.24) is 14.7 Å². The van der Waals surface area contributed by atoms with Crippen LogP contribution < -0.4 is 0 Å². The average Bonchev–Trinajstić information content (AvgIpc) is 2.95. The first-order chi connectivity index (χ1) is 10.0. The molecule has 0 aromatic rings. The minimum absolute atomic E-state index is 0.0101. The predicted octanol–water partition coefficient (Wildman–Crippen LogP) is -0.696. The fourth-order valence-corrected chi connectivity index (χ4v) is 2.78. The lowest BCUT2D eigenvalue weighted by molar-refractivity contribution is -0.144. The molecule has 2 amide bonds. The molecule has 0 aliphatic carbocycles. The van der Waals surface area contributed by atoms with Gasteiger partial charge in [-0.3, -0.25) is 14.5 Å². The number of nitrogens with zero attached hydrogens (tertiary/aromatic N) is 3. The zero-order chi connectivity index (χ0) is 15.4. The molecule has 1 N–H and O–H groups in total. The van der Waals surface area contributed by atoms with Gasteiger partial charge in [0, 0.05) is 39.3 Å². The van der Waals surface area contributed by atoms with E-state index in [4.69, 9.17) is 9.84 Å². The van der Waals surface area contributed by atoms with E-state index in [9.17, 15) is 14.4 Å². The van der Waals surface area contributed by atoms with Crippen LogP contribution in [0.1, 0.15) is 6.42 Å². The number of carboxylic acid groups (broad SMARTS) is 1. The van der Waals surface area contributed by atoms with Crippen molar-refractivity contribution >= 4 is 18.0 Å². The SMILES string of the molecule is COC(=O)C1CCN(C(=O)N2CCN(CC(=O)O)CC2)C1. The molecule has 8 heteroatoms. The predicted molar refractivity (Wildman–Crippen MR) is 72.7 cm³/mol. The largest absolute Gasteiger partial charge is 0.480 e. The van der Waals surface area contributed by atoms with Gasteiger partial charge in [-0.1, -0.05) is 0 Å². The van der Waals surface area contributed by atoms with Gasteiger partial charge in [0.25, 0.3) is 0 Å². The Labute approximate surface area is 123 Å². The molecular formula is C13H21N3O5. The molecule has 0 aromatic heterocycles. The molecule has 8 nitrogen and oxygen atoms in total. The summed E-state index contributed by atoms with van der Waals surface area (Å²) in [7, 11) is 1.36. The van der Waals surface area contributed by atoms with E-state index >= 15 is 0 Å². The zero-order valence-corrected chi connectivity index (χ0v) is 12.2. The van der Waals surface area contributed by atoms with Gasteiger partial charge in [0.1, 0.15) is 0 Å². The Bertz CT molecular complexity index is 420. The first-order valence-electron chi connectivity index (χ1n) is 7.07. The van der Waals surface area contributed by atoms with Crippen molar-refractivity contribution in [3.8, 4) is 0 Å². The van der Waals surface area contributed by atoms with Crippen LogP contribution in [0.3, 0.4) is 0 Å². The van der Waals surface area contributed by atoms with Gasteiger partial charge in [0.15, 0.2) is 0 Å². The van der Waals surface area contributed by atoms with Crippen molar-refractivity contribution in [3.63, 3.8) is 0 Å². The smallest absolute Gasteiger partial charge is 0.320 e. The van der Waals surface area contributed by atoms with E-state index in [-0.39, 0.29) is 24.5 Å². The number of hydrogen-bond acceptors (Lipinski definition) is 5. The first-order valence-corrected chi connectivity index (χ1v) is 7.07. The summed E-state index contributed by atoms with van der Waals surface area (Å²) in [5.74, 6) is -1.35. The number of urea groups is 1. The van der Waals surface area contributed by atoms with Crippen LogP contribution in [0.4, 0.5) is 4.79 Å². The number of esters is 1. The summed E-state index contributed by atoms with van der Waals surface area (Å²) in [5, 5.41) is 8.74. The topological polar surface area (TPSA) is 90.4 Å². The summed E-state index contributed by atoms with van der Waals surface area (Å²) in [6.45, 7) is 3.14. The second-order valence-electron chi connectivity index (χ2n) is 5.39. The lowest BCUT2D eigenvalue weighted by Gasteiger charge is -2.35. The fraction of sp³-hybridized carbons (Fsp3) is 0.769. The van der Waals surface area contributed by atoms with Gasteiger partial charge in [0.05, 0.1) is 19.6 Å². The number of hydrogen-bond donors (Lipinski definition) is 1. The minimum atomic E-state index is -0.852. The van der Waals surface area contributed by atoms with Crippen molar-refractivity contribution < 1.29 is 24.2 Å². The molecular weight excluding hydrogens is 278 g/mol. The average molecular weight is 299 g/mol. The van der Waals surface area contributed by atoms with Gasteiger partial charge < -0.3 is 19.6 Å². The number of methoxy groups -OCH3 is 1. The summed E-state index contributed by atoms with van der Waals surface area (Å²) < 4.78 is 4.71. The number of carboxylic acids is 1. The molecule has 1 atom stereocenters. The zero-order valence-electron chi connectivity index (χ0n) is 12.2. The van der Waals surface area contributed by atoms with Crippen LogP contribution in [0, 0.1) is 5.92 Å². The molecule has 118 valence electrons. The molecule has 2 fully saturated rings. The summed E-state index contributed by atoms with van der Waals surface area (Å²) in [4.78, 5) is 39.7. The Morgan fingerprint density at radius 1 is 1.10 bits per heavy atom. The minimum Gasteiger partial charge on any atom is -0.480 e. The number of amides is 2. The van der Waals surface area contributed by atoms with E-state index in [1.807, 2.05) is 4.90 Å². The highest BCUT2D eigenvalue weighted by Crippen LogP contribution is 2.19. The summed E-state index contributed by atoms with van der Waals surface area (Å²) >= 11 is 0. The Morgan fingerprint density at radius 3 is 2.33 bits per heavy atom. The van der Waals surface area contributed by atoms with Crippen molar-refractivity contribution in [2.75, 3.05) is 52.9 Å². The number of piperazine rings is 1. The van der Waals surface area contributed by atoms with Crippen LogP contribution >= 0.6 is 0 Å². The Kier molecular flexibility index (Phi) is 5.00.